The first-order chi connectivity index (χ1) is 11.5. The predicted octanol–water partition coefficient (Wildman–Crippen LogP) is 3.32. The van der Waals surface area contributed by atoms with Gasteiger partial charge in [0.15, 0.2) is 6.61 Å². The number of benzene rings is 2. The number of amides is 1. The molecule has 6 heteroatoms. The van der Waals surface area contributed by atoms with Crippen LogP contribution in [-0.4, -0.2) is 24.2 Å². The summed E-state index contributed by atoms with van der Waals surface area (Å²) in [6.45, 7) is -0.0281. The number of halogens is 2. The molecule has 1 aliphatic rings. The van der Waals surface area contributed by atoms with Crippen LogP contribution in [0, 0.1) is 0 Å². The third-order valence-electron chi connectivity index (χ3n) is 4.16. The second-order valence-corrected chi connectivity index (χ2v) is 6.67. The van der Waals surface area contributed by atoms with E-state index >= 15 is 0 Å². The molecule has 0 spiro atoms. The third kappa shape index (κ3) is 3.66. The number of nitrogens with one attached hydrogen (secondary N) is 1. The Bertz CT molecular complexity index is 766. The number of rotatable bonds is 5. The minimum Gasteiger partial charge on any atom is -0.482 e. The van der Waals surface area contributed by atoms with Crippen molar-refractivity contribution < 1.29 is 14.6 Å². The smallest absolute Gasteiger partial charge is 0.258 e. The molecular weight excluding hydrogens is 349 g/mol. The van der Waals surface area contributed by atoms with Crippen molar-refractivity contribution in [3.63, 3.8) is 0 Å². The molecular formula is C18H17Cl2NO3. The lowest BCUT2D eigenvalue weighted by Crippen LogP contribution is -2.41. The lowest BCUT2D eigenvalue weighted by molar-refractivity contribution is -0.124. The number of aliphatic hydroxyl groups is 1. The van der Waals surface area contributed by atoms with Crippen LogP contribution < -0.4 is 10.1 Å². The summed E-state index contributed by atoms with van der Waals surface area (Å²) < 4.78 is 5.39. The summed E-state index contributed by atoms with van der Waals surface area (Å²) in [6, 6.07) is 12.5. The number of hydrogen-bond acceptors (Lipinski definition) is 3. The molecule has 0 saturated carbocycles. The van der Waals surface area contributed by atoms with E-state index in [4.69, 9.17) is 27.9 Å². The number of carbonyl (C=O) groups is 1. The van der Waals surface area contributed by atoms with E-state index in [1.807, 2.05) is 24.3 Å². The number of carbonyl (C=O) groups excluding carboxylic acids is 1. The second kappa shape index (κ2) is 7.01. The van der Waals surface area contributed by atoms with Gasteiger partial charge in [0.2, 0.25) is 0 Å². The number of aryl methyl sites for hydroxylation is 1. The molecule has 0 fully saturated rings. The van der Waals surface area contributed by atoms with Gasteiger partial charge < -0.3 is 15.2 Å². The molecule has 2 aromatic rings. The lowest BCUT2D eigenvalue weighted by Gasteiger charge is -2.24. The van der Waals surface area contributed by atoms with Gasteiger partial charge in [-0.1, -0.05) is 47.5 Å². The number of hydrogen-bond donors (Lipinski definition) is 2. The highest BCUT2D eigenvalue weighted by Crippen LogP contribution is 2.36. The molecule has 0 saturated heterocycles. The molecule has 3 rings (SSSR count). The fourth-order valence-corrected chi connectivity index (χ4v) is 3.35. The normalized spacial score (nSPS) is 19.0. The summed E-state index contributed by atoms with van der Waals surface area (Å²) in [4.78, 5) is 12.0. The Morgan fingerprint density at radius 1 is 1.25 bits per heavy atom. The van der Waals surface area contributed by atoms with Crippen LogP contribution in [0.5, 0.6) is 5.75 Å². The van der Waals surface area contributed by atoms with Gasteiger partial charge in [-0.2, -0.15) is 0 Å². The van der Waals surface area contributed by atoms with Crippen molar-refractivity contribution in [3.8, 4) is 5.75 Å². The quantitative estimate of drug-likeness (QED) is 0.854. The topological polar surface area (TPSA) is 58.6 Å². The summed E-state index contributed by atoms with van der Waals surface area (Å²) in [5, 5.41) is 14.3. The average Bonchev–Trinajstić information content (AvgIpc) is 2.90. The highest BCUT2D eigenvalue weighted by molar-refractivity contribution is 6.35. The number of fused-ring (bicyclic) bond motifs is 1. The predicted molar refractivity (Wildman–Crippen MR) is 93.6 cm³/mol. The summed E-state index contributed by atoms with van der Waals surface area (Å²) in [7, 11) is 0. The zero-order chi connectivity index (χ0) is 17.2. The maximum absolute atomic E-state index is 12.0. The second-order valence-electron chi connectivity index (χ2n) is 5.83. The van der Waals surface area contributed by atoms with Gasteiger partial charge in [-0.05, 0) is 42.2 Å². The molecule has 24 heavy (non-hydrogen) atoms. The van der Waals surface area contributed by atoms with Crippen molar-refractivity contribution in [3.05, 3.63) is 63.6 Å². The van der Waals surface area contributed by atoms with Gasteiger partial charge >= 0.3 is 0 Å². The Hall–Kier alpha value is -1.75. The molecule has 126 valence electrons. The summed E-state index contributed by atoms with van der Waals surface area (Å²) in [5.74, 6) is 0.0694. The zero-order valence-corrected chi connectivity index (χ0v) is 14.4. The van der Waals surface area contributed by atoms with Crippen LogP contribution in [-0.2, 0) is 16.8 Å². The molecule has 1 amide bonds. The lowest BCUT2D eigenvalue weighted by atomic mass is 9.96. The third-order valence-corrected chi connectivity index (χ3v) is 4.69. The maximum atomic E-state index is 12.0. The van der Waals surface area contributed by atoms with Gasteiger partial charge in [0.05, 0.1) is 11.6 Å². The minimum atomic E-state index is -1.02. The van der Waals surface area contributed by atoms with Gasteiger partial charge in [-0.15, -0.1) is 0 Å². The Balaban J connectivity index is 1.55. The van der Waals surface area contributed by atoms with Crippen LogP contribution in [0.2, 0.25) is 10.0 Å². The largest absolute Gasteiger partial charge is 0.482 e. The molecule has 2 aromatic carbocycles. The van der Waals surface area contributed by atoms with Crippen LogP contribution in [0.1, 0.15) is 17.5 Å². The summed E-state index contributed by atoms with van der Waals surface area (Å²) >= 11 is 11.8. The molecule has 0 heterocycles. The van der Waals surface area contributed by atoms with Crippen LogP contribution in [0.15, 0.2) is 42.5 Å². The summed E-state index contributed by atoms with van der Waals surface area (Å²) in [6.07, 6.45) is 1.40. The van der Waals surface area contributed by atoms with Crippen molar-refractivity contribution in [2.24, 2.45) is 0 Å². The van der Waals surface area contributed by atoms with Crippen LogP contribution in [0.25, 0.3) is 0 Å². The van der Waals surface area contributed by atoms with Gasteiger partial charge in [0.25, 0.3) is 5.91 Å². The standard InChI is InChI=1S/C18H17Cl2NO3/c19-13-5-6-16(15(20)9-13)24-10-17(22)21-11-18(23)8-7-12-3-1-2-4-14(12)18/h1-6,9,23H,7-8,10-11H2,(H,21,22)/t18-/m1/s1. The van der Waals surface area contributed by atoms with Crippen molar-refractivity contribution in [1.29, 1.82) is 0 Å². The van der Waals surface area contributed by atoms with Crippen molar-refractivity contribution in [1.82, 2.24) is 5.32 Å². The maximum Gasteiger partial charge on any atom is 0.258 e. The molecule has 0 radical (unpaired) electrons. The first-order valence-corrected chi connectivity index (χ1v) is 8.39. The average molecular weight is 366 g/mol. The molecule has 0 unspecified atom stereocenters. The molecule has 0 aromatic heterocycles. The highest BCUT2D eigenvalue weighted by atomic mass is 35.5. The van der Waals surface area contributed by atoms with E-state index in [0.29, 0.717) is 22.2 Å². The Labute approximate surface area is 150 Å². The monoisotopic (exact) mass is 365 g/mol. The van der Waals surface area contributed by atoms with E-state index in [0.717, 1.165) is 17.5 Å². The van der Waals surface area contributed by atoms with Crippen molar-refractivity contribution in [2.45, 2.75) is 18.4 Å². The van der Waals surface area contributed by atoms with Crippen LogP contribution in [0.4, 0.5) is 0 Å². The fraction of sp³-hybridized carbons (Fsp3) is 0.278. The van der Waals surface area contributed by atoms with Crippen molar-refractivity contribution in [2.75, 3.05) is 13.2 Å². The Kier molecular flexibility index (Phi) is 4.99. The van der Waals surface area contributed by atoms with Crippen molar-refractivity contribution >= 4 is 29.1 Å². The van der Waals surface area contributed by atoms with E-state index in [1.165, 1.54) is 0 Å². The van der Waals surface area contributed by atoms with Gasteiger partial charge in [0, 0.05) is 5.02 Å². The molecule has 2 N–H and O–H groups in total. The SMILES string of the molecule is O=C(COc1ccc(Cl)cc1Cl)NC[C@]1(O)CCc2ccccc21. The fourth-order valence-electron chi connectivity index (χ4n) is 2.88. The van der Waals surface area contributed by atoms with E-state index in [-0.39, 0.29) is 19.1 Å². The van der Waals surface area contributed by atoms with Crippen LogP contribution >= 0.6 is 23.2 Å². The van der Waals surface area contributed by atoms with Gasteiger partial charge in [-0.3, -0.25) is 4.79 Å². The first-order valence-electron chi connectivity index (χ1n) is 7.63. The first kappa shape index (κ1) is 17.1. The Morgan fingerprint density at radius 2 is 2.04 bits per heavy atom. The number of ether oxygens (including phenoxy) is 1. The highest BCUT2D eigenvalue weighted by Gasteiger charge is 2.36. The van der Waals surface area contributed by atoms with Gasteiger partial charge in [0.1, 0.15) is 11.4 Å². The van der Waals surface area contributed by atoms with E-state index in [1.54, 1.807) is 18.2 Å². The molecule has 4 nitrogen and oxygen atoms in total. The van der Waals surface area contributed by atoms with E-state index < -0.39 is 5.60 Å². The molecule has 1 atom stereocenters. The van der Waals surface area contributed by atoms with E-state index in [2.05, 4.69) is 5.32 Å². The van der Waals surface area contributed by atoms with Crippen LogP contribution in [0.3, 0.4) is 0 Å². The molecule has 0 bridgehead atoms. The Morgan fingerprint density at radius 3 is 2.83 bits per heavy atom. The zero-order valence-electron chi connectivity index (χ0n) is 12.9. The molecule has 0 aliphatic heterocycles. The minimum absolute atomic E-state index is 0.153. The van der Waals surface area contributed by atoms with E-state index in [9.17, 15) is 9.90 Å². The molecule has 1 aliphatic carbocycles. The summed E-state index contributed by atoms with van der Waals surface area (Å²) in [5.41, 5.74) is 0.981. The van der Waals surface area contributed by atoms with Gasteiger partial charge in [-0.25, -0.2) is 0 Å².